The van der Waals surface area contributed by atoms with Gasteiger partial charge >= 0.3 is 6.18 Å². The summed E-state index contributed by atoms with van der Waals surface area (Å²) in [5.74, 6) is -0.757. The van der Waals surface area contributed by atoms with E-state index in [1.807, 2.05) is 69.3 Å². The predicted octanol–water partition coefficient (Wildman–Crippen LogP) is 6.83. The van der Waals surface area contributed by atoms with Crippen molar-refractivity contribution in [3.63, 3.8) is 0 Å². The molecule has 0 aliphatic rings. The summed E-state index contributed by atoms with van der Waals surface area (Å²) in [5.41, 5.74) is 2.61. The van der Waals surface area contributed by atoms with Crippen LogP contribution >= 0.6 is 0 Å². The number of nitrogens with one attached hydrogen (secondary N) is 1. The minimum Gasteiger partial charge on any atom is -0.496 e. The van der Waals surface area contributed by atoms with Crippen molar-refractivity contribution in [2.24, 2.45) is 5.92 Å². The summed E-state index contributed by atoms with van der Waals surface area (Å²) in [6.07, 6.45) is -3.61. The molecule has 0 amide bonds. The van der Waals surface area contributed by atoms with Crippen LogP contribution < -0.4 is 4.74 Å². The number of rotatable bonds is 7. The number of ether oxygens (including phenoxy) is 1. The fourth-order valence-corrected chi connectivity index (χ4v) is 4.18. The topological polar surface area (TPSA) is 25.0 Å². The molecule has 156 valence electrons. The van der Waals surface area contributed by atoms with Crippen LogP contribution in [0.4, 0.5) is 13.2 Å². The number of aromatic amines is 1. The Morgan fingerprint density at radius 1 is 1.03 bits per heavy atom. The Morgan fingerprint density at radius 2 is 1.76 bits per heavy atom. The first kappa shape index (κ1) is 21.3. The summed E-state index contributed by atoms with van der Waals surface area (Å²) in [4.78, 5) is 3.14. The van der Waals surface area contributed by atoms with Gasteiger partial charge in [0.15, 0.2) is 0 Å². The highest BCUT2D eigenvalue weighted by atomic mass is 19.4. The van der Waals surface area contributed by atoms with E-state index in [0.29, 0.717) is 11.4 Å². The number of hydrogen-bond donors (Lipinski definition) is 1. The van der Waals surface area contributed by atoms with Crippen LogP contribution in [0.3, 0.4) is 0 Å². The summed E-state index contributed by atoms with van der Waals surface area (Å²) < 4.78 is 47.6. The number of hydrogen-bond acceptors (Lipinski definition) is 1. The zero-order valence-electron chi connectivity index (χ0n) is 17.4. The van der Waals surface area contributed by atoms with Gasteiger partial charge in [0.2, 0.25) is 0 Å². The predicted molar refractivity (Wildman–Crippen MR) is 112 cm³/mol. The fourth-order valence-electron chi connectivity index (χ4n) is 4.18. The summed E-state index contributed by atoms with van der Waals surface area (Å²) in [6.45, 7) is 5.76. The molecule has 0 saturated carbocycles. The van der Waals surface area contributed by atoms with Gasteiger partial charge in [-0.2, -0.15) is 13.2 Å². The quantitative estimate of drug-likeness (QED) is 0.460. The van der Waals surface area contributed by atoms with E-state index in [1.54, 1.807) is 7.11 Å². The highest BCUT2D eigenvalue weighted by Crippen LogP contribution is 2.43. The van der Waals surface area contributed by atoms with Gasteiger partial charge in [-0.3, -0.25) is 0 Å². The number of aromatic nitrogens is 1. The highest BCUT2D eigenvalue weighted by molar-refractivity contribution is 5.80. The summed E-state index contributed by atoms with van der Waals surface area (Å²) in [7, 11) is 1.58. The maximum absolute atomic E-state index is 14.0. The van der Waals surface area contributed by atoms with E-state index >= 15 is 0 Å². The van der Waals surface area contributed by atoms with E-state index in [2.05, 4.69) is 4.98 Å². The number of para-hydroxylation sites is 2. The van der Waals surface area contributed by atoms with Crippen LogP contribution in [0.1, 0.15) is 44.0 Å². The third-order valence-corrected chi connectivity index (χ3v) is 5.68. The van der Waals surface area contributed by atoms with Crippen LogP contribution in [0.2, 0.25) is 0 Å². The molecule has 3 aromatic rings. The highest BCUT2D eigenvalue weighted by Gasteiger charge is 2.43. The Hall–Kier alpha value is -2.43. The van der Waals surface area contributed by atoms with Crippen LogP contribution in [0.25, 0.3) is 10.9 Å². The number of aryl methyl sites for hydroxylation is 1. The molecule has 0 radical (unpaired) electrons. The van der Waals surface area contributed by atoms with Gasteiger partial charge in [-0.1, -0.05) is 57.2 Å². The Morgan fingerprint density at radius 3 is 2.38 bits per heavy atom. The van der Waals surface area contributed by atoms with E-state index < -0.39 is 17.5 Å². The van der Waals surface area contributed by atoms with Crippen molar-refractivity contribution < 1.29 is 17.9 Å². The fraction of sp³-hybridized carbons (Fsp3) is 0.417. The number of methoxy groups -OCH3 is 1. The third-order valence-electron chi connectivity index (χ3n) is 5.68. The molecule has 5 heteroatoms. The Kier molecular flexibility index (Phi) is 5.97. The molecule has 1 unspecified atom stereocenters. The Bertz CT molecular complexity index is 939. The molecule has 1 aromatic heterocycles. The Balaban J connectivity index is 1.92. The number of benzene rings is 2. The molecule has 1 heterocycles. The van der Waals surface area contributed by atoms with Crippen molar-refractivity contribution in [1.82, 2.24) is 4.98 Å². The average molecular weight is 403 g/mol. The van der Waals surface area contributed by atoms with Gasteiger partial charge in [-0.15, -0.1) is 0 Å². The zero-order valence-corrected chi connectivity index (χ0v) is 17.4. The molecule has 1 atom stereocenters. The van der Waals surface area contributed by atoms with Gasteiger partial charge in [0.05, 0.1) is 13.0 Å². The molecule has 0 aliphatic heterocycles. The molecule has 0 bridgehead atoms. The molecule has 0 spiro atoms. The minimum atomic E-state index is -4.29. The first-order valence-corrected chi connectivity index (χ1v) is 9.95. The normalized spacial score (nSPS) is 13.6. The second-order valence-electron chi connectivity index (χ2n) is 8.26. The second kappa shape index (κ2) is 8.13. The van der Waals surface area contributed by atoms with E-state index in [0.717, 1.165) is 28.5 Å². The molecule has 0 saturated heterocycles. The smallest absolute Gasteiger partial charge is 0.392 e. The average Bonchev–Trinajstić information content (AvgIpc) is 3.08. The summed E-state index contributed by atoms with van der Waals surface area (Å²) in [5, 5.41) is 0.931. The summed E-state index contributed by atoms with van der Waals surface area (Å²) in [6, 6.07) is 15.1. The molecular weight excluding hydrogens is 375 g/mol. The van der Waals surface area contributed by atoms with E-state index in [9.17, 15) is 13.2 Å². The van der Waals surface area contributed by atoms with Crippen molar-refractivity contribution in [2.75, 3.05) is 7.11 Å². The molecular formula is C24H28F3NO. The van der Waals surface area contributed by atoms with E-state index in [4.69, 9.17) is 4.74 Å². The Labute approximate surface area is 170 Å². The van der Waals surface area contributed by atoms with Gasteiger partial charge in [-0.25, -0.2) is 0 Å². The molecule has 29 heavy (non-hydrogen) atoms. The largest absolute Gasteiger partial charge is 0.496 e. The number of alkyl halides is 3. The van der Waals surface area contributed by atoms with Crippen LogP contribution in [0, 0.1) is 5.92 Å². The monoisotopic (exact) mass is 403 g/mol. The van der Waals surface area contributed by atoms with Crippen molar-refractivity contribution in [1.29, 1.82) is 0 Å². The second-order valence-corrected chi connectivity index (χ2v) is 8.26. The number of fused-ring (bicyclic) bond motifs is 1. The number of halogens is 3. The number of H-pyrrole nitrogens is 1. The third kappa shape index (κ3) is 4.60. The van der Waals surface area contributed by atoms with E-state index in [1.165, 1.54) is 0 Å². The molecule has 0 fully saturated rings. The van der Waals surface area contributed by atoms with Crippen LogP contribution in [-0.2, 0) is 18.3 Å². The van der Waals surface area contributed by atoms with Gasteiger partial charge in [-0.05, 0) is 47.8 Å². The van der Waals surface area contributed by atoms with Crippen molar-refractivity contribution in [3.8, 4) is 5.75 Å². The molecule has 1 N–H and O–H groups in total. The lowest BCUT2D eigenvalue weighted by atomic mass is 9.74. The first-order valence-electron chi connectivity index (χ1n) is 9.95. The molecule has 2 nitrogen and oxygen atoms in total. The van der Waals surface area contributed by atoms with Crippen molar-refractivity contribution in [2.45, 2.75) is 51.6 Å². The molecule has 0 aliphatic carbocycles. The van der Waals surface area contributed by atoms with Crippen LogP contribution in [-0.4, -0.2) is 18.3 Å². The lowest BCUT2D eigenvalue weighted by Crippen LogP contribution is -2.32. The summed E-state index contributed by atoms with van der Waals surface area (Å²) >= 11 is 0. The van der Waals surface area contributed by atoms with Gasteiger partial charge in [0.25, 0.3) is 0 Å². The maximum Gasteiger partial charge on any atom is 0.392 e. The van der Waals surface area contributed by atoms with Gasteiger partial charge in [0.1, 0.15) is 5.75 Å². The van der Waals surface area contributed by atoms with Crippen molar-refractivity contribution >= 4 is 10.9 Å². The SMILES string of the molecule is CCc1cccc(C(C)(C)CC(Cc2cc3ccccc3[nH]2)C(F)(F)F)c1OC. The van der Waals surface area contributed by atoms with Crippen LogP contribution in [0.15, 0.2) is 48.5 Å². The molecule has 3 rings (SSSR count). The van der Waals surface area contributed by atoms with Crippen LogP contribution in [0.5, 0.6) is 5.75 Å². The standard InChI is InChI=1S/C24H28F3NO/c1-5-16-10-8-11-20(22(16)29-4)23(2,3)15-18(24(25,26)27)14-19-13-17-9-6-7-12-21(17)28-19/h6-13,18,28H,5,14-15H2,1-4H3. The maximum atomic E-state index is 14.0. The molecule has 2 aromatic carbocycles. The minimum absolute atomic E-state index is 0.0185. The van der Waals surface area contributed by atoms with Gasteiger partial charge < -0.3 is 9.72 Å². The zero-order chi connectivity index (χ0) is 21.2. The van der Waals surface area contributed by atoms with Gasteiger partial charge in [0, 0.05) is 16.8 Å². The lowest BCUT2D eigenvalue weighted by molar-refractivity contribution is -0.179. The lowest BCUT2D eigenvalue weighted by Gasteiger charge is -2.33. The first-order chi connectivity index (χ1) is 13.7. The van der Waals surface area contributed by atoms with Crippen molar-refractivity contribution in [3.05, 3.63) is 65.4 Å². The van der Waals surface area contributed by atoms with E-state index in [-0.39, 0.29) is 12.8 Å².